The molecule has 1 aromatic heterocycles. The molecule has 0 atom stereocenters. The van der Waals surface area contributed by atoms with E-state index in [1.165, 1.54) is 0 Å². The quantitative estimate of drug-likeness (QED) is 0.783. The van der Waals surface area contributed by atoms with E-state index >= 15 is 0 Å². The van der Waals surface area contributed by atoms with Crippen molar-refractivity contribution in [3.63, 3.8) is 0 Å². The Morgan fingerprint density at radius 3 is 2.40 bits per heavy atom. The van der Waals surface area contributed by atoms with E-state index in [0.29, 0.717) is 5.76 Å². The van der Waals surface area contributed by atoms with Gasteiger partial charge < -0.3 is 10.3 Å². The average molecular weight is 216 g/mol. The van der Waals surface area contributed by atoms with E-state index in [4.69, 9.17) is 10.3 Å². The zero-order valence-electron chi connectivity index (χ0n) is 8.59. The normalized spacial score (nSPS) is 24.0. The van der Waals surface area contributed by atoms with Crippen molar-refractivity contribution in [2.75, 3.05) is 0 Å². The van der Waals surface area contributed by atoms with Crippen molar-refractivity contribution < 1.29 is 13.3 Å². The second-order valence-corrected chi connectivity index (χ2v) is 4.34. The predicted molar refractivity (Wildman–Crippen MR) is 50.5 cm³/mol. The second-order valence-electron chi connectivity index (χ2n) is 4.34. The van der Waals surface area contributed by atoms with Gasteiger partial charge in [-0.1, -0.05) is 5.16 Å². The highest BCUT2D eigenvalue weighted by Gasteiger charge is 2.44. The van der Waals surface area contributed by atoms with Crippen molar-refractivity contribution in [1.82, 2.24) is 5.16 Å². The maximum Gasteiger partial charge on any atom is 0.248 e. The summed E-state index contributed by atoms with van der Waals surface area (Å²) in [6, 6.07) is 1.73. The number of aromatic nitrogens is 1. The first kappa shape index (κ1) is 10.5. The molecule has 0 radical (unpaired) electrons. The van der Waals surface area contributed by atoms with Gasteiger partial charge in [-0.2, -0.15) is 0 Å². The smallest absolute Gasteiger partial charge is 0.248 e. The maximum atomic E-state index is 13.0. The first-order valence-electron chi connectivity index (χ1n) is 5.02. The molecule has 1 fully saturated rings. The lowest BCUT2D eigenvalue weighted by Gasteiger charge is -2.34. The van der Waals surface area contributed by atoms with Gasteiger partial charge in [0.05, 0.1) is 11.2 Å². The van der Waals surface area contributed by atoms with E-state index in [9.17, 15) is 8.78 Å². The van der Waals surface area contributed by atoms with Crippen molar-refractivity contribution in [1.29, 1.82) is 0 Å². The summed E-state index contributed by atoms with van der Waals surface area (Å²) in [7, 11) is 0. The van der Waals surface area contributed by atoms with Crippen LogP contribution in [0.5, 0.6) is 0 Å². The SMILES string of the molecule is Cc1cc(C2(N)CCC(F)(F)CC2)on1. The van der Waals surface area contributed by atoms with Crippen LogP contribution in [0, 0.1) is 6.92 Å². The summed E-state index contributed by atoms with van der Waals surface area (Å²) >= 11 is 0. The van der Waals surface area contributed by atoms with Crippen LogP contribution in [0.4, 0.5) is 8.78 Å². The summed E-state index contributed by atoms with van der Waals surface area (Å²) in [5.41, 5.74) is 6.02. The Balaban J connectivity index is 2.16. The van der Waals surface area contributed by atoms with Crippen molar-refractivity contribution >= 4 is 0 Å². The summed E-state index contributed by atoms with van der Waals surface area (Å²) in [5.74, 6) is -2.05. The topological polar surface area (TPSA) is 52.0 Å². The molecular formula is C10H14F2N2O. The lowest BCUT2D eigenvalue weighted by molar-refractivity contribution is -0.0544. The van der Waals surface area contributed by atoms with Crippen LogP contribution in [0.25, 0.3) is 0 Å². The summed E-state index contributed by atoms with van der Waals surface area (Å²) in [5, 5.41) is 3.73. The number of nitrogens with zero attached hydrogens (tertiary/aromatic N) is 1. The zero-order valence-corrected chi connectivity index (χ0v) is 8.59. The molecule has 0 unspecified atom stereocenters. The Morgan fingerprint density at radius 1 is 1.33 bits per heavy atom. The van der Waals surface area contributed by atoms with Gasteiger partial charge in [0, 0.05) is 18.9 Å². The standard InChI is InChI=1S/C10H14F2N2O/c1-7-6-8(15-14-7)9(13)2-4-10(11,12)5-3-9/h6H,2-5,13H2,1H3. The van der Waals surface area contributed by atoms with Crippen molar-refractivity contribution in [3.05, 3.63) is 17.5 Å². The molecule has 0 aromatic carbocycles. The summed E-state index contributed by atoms with van der Waals surface area (Å²) in [6.45, 7) is 1.79. The fourth-order valence-electron chi connectivity index (χ4n) is 1.91. The van der Waals surface area contributed by atoms with Crippen LogP contribution < -0.4 is 5.73 Å². The number of halogens is 2. The van der Waals surface area contributed by atoms with Gasteiger partial charge in [-0.15, -0.1) is 0 Å². The molecule has 1 aliphatic rings. The molecule has 15 heavy (non-hydrogen) atoms. The van der Waals surface area contributed by atoms with Crippen LogP contribution in [-0.2, 0) is 5.54 Å². The molecule has 0 bridgehead atoms. The highest BCUT2D eigenvalue weighted by atomic mass is 19.3. The minimum Gasteiger partial charge on any atom is -0.359 e. The number of hydrogen-bond acceptors (Lipinski definition) is 3. The van der Waals surface area contributed by atoms with Gasteiger partial charge in [0.1, 0.15) is 0 Å². The second kappa shape index (κ2) is 3.27. The van der Waals surface area contributed by atoms with Gasteiger partial charge in [-0.3, -0.25) is 0 Å². The molecule has 0 spiro atoms. The van der Waals surface area contributed by atoms with E-state index in [1.807, 2.05) is 0 Å². The minimum atomic E-state index is -2.57. The minimum absolute atomic E-state index is 0.177. The van der Waals surface area contributed by atoms with E-state index in [1.54, 1.807) is 13.0 Å². The molecular weight excluding hydrogens is 202 g/mol. The number of nitrogens with two attached hydrogens (primary N) is 1. The van der Waals surface area contributed by atoms with Crippen LogP contribution >= 0.6 is 0 Å². The number of aryl methyl sites for hydroxylation is 1. The molecule has 0 aliphatic heterocycles. The van der Waals surface area contributed by atoms with E-state index < -0.39 is 11.5 Å². The molecule has 3 nitrogen and oxygen atoms in total. The summed E-state index contributed by atoms with van der Waals surface area (Å²) in [6.07, 6.45) is 0.135. The molecule has 5 heteroatoms. The average Bonchev–Trinajstić information content (AvgIpc) is 2.59. The van der Waals surface area contributed by atoms with Crippen LogP contribution in [0.2, 0.25) is 0 Å². The third-order valence-electron chi connectivity index (χ3n) is 2.99. The van der Waals surface area contributed by atoms with Crippen molar-refractivity contribution in [2.24, 2.45) is 5.73 Å². The van der Waals surface area contributed by atoms with Crippen LogP contribution in [0.3, 0.4) is 0 Å². The first-order chi connectivity index (χ1) is 6.91. The van der Waals surface area contributed by atoms with Gasteiger partial charge >= 0.3 is 0 Å². The van der Waals surface area contributed by atoms with Crippen LogP contribution in [0.1, 0.15) is 37.1 Å². The fourth-order valence-corrected chi connectivity index (χ4v) is 1.91. The van der Waals surface area contributed by atoms with Crippen LogP contribution in [-0.4, -0.2) is 11.1 Å². The Hall–Kier alpha value is -0.970. The monoisotopic (exact) mass is 216 g/mol. The van der Waals surface area contributed by atoms with Gasteiger partial charge in [-0.05, 0) is 19.8 Å². The zero-order chi connectivity index (χ0) is 11.1. The molecule has 2 N–H and O–H groups in total. The van der Waals surface area contributed by atoms with Gasteiger partial charge in [-0.25, -0.2) is 8.78 Å². The molecule has 0 amide bonds. The Labute approximate surface area is 86.6 Å². The van der Waals surface area contributed by atoms with Gasteiger partial charge in [0.2, 0.25) is 5.92 Å². The largest absolute Gasteiger partial charge is 0.359 e. The van der Waals surface area contributed by atoms with Gasteiger partial charge in [0.25, 0.3) is 0 Å². The highest BCUT2D eigenvalue weighted by Crippen LogP contribution is 2.42. The lowest BCUT2D eigenvalue weighted by atomic mass is 9.79. The molecule has 0 saturated heterocycles. The first-order valence-corrected chi connectivity index (χ1v) is 5.02. The summed E-state index contributed by atoms with van der Waals surface area (Å²) in [4.78, 5) is 0. The van der Waals surface area contributed by atoms with Crippen molar-refractivity contribution in [3.8, 4) is 0 Å². The molecule has 84 valence electrons. The molecule has 1 aromatic rings. The van der Waals surface area contributed by atoms with Gasteiger partial charge in [0.15, 0.2) is 5.76 Å². The van der Waals surface area contributed by atoms with Crippen molar-refractivity contribution in [2.45, 2.75) is 44.1 Å². The third kappa shape index (κ3) is 2.02. The van der Waals surface area contributed by atoms with E-state index in [0.717, 1.165) is 5.69 Å². The Bertz CT molecular complexity index is 352. The van der Waals surface area contributed by atoms with Crippen LogP contribution in [0.15, 0.2) is 10.6 Å². The third-order valence-corrected chi connectivity index (χ3v) is 2.99. The number of hydrogen-bond donors (Lipinski definition) is 1. The number of alkyl halides is 2. The van der Waals surface area contributed by atoms with E-state index in [-0.39, 0.29) is 25.7 Å². The summed E-state index contributed by atoms with van der Waals surface area (Å²) < 4.78 is 31.0. The fraction of sp³-hybridized carbons (Fsp3) is 0.700. The molecule has 1 saturated carbocycles. The predicted octanol–water partition coefficient (Wildman–Crippen LogP) is 2.35. The Morgan fingerprint density at radius 2 is 1.93 bits per heavy atom. The maximum absolute atomic E-state index is 13.0. The van der Waals surface area contributed by atoms with E-state index in [2.05, 4.69) is 5.16 Å². The Kier molecular flexibility index (Phi) is 2.30. The highest BCUT2D eigenvalue weighted by molar-refractivity contribution is 5.15. The molecule has 1 heterocycles. The lowest BCUT2D eigenvalue weighted by Crippen LogP contribution is -2.43. The molecule has 2 rings (SSSR count). The number of rotatable bonds is 1. The molecule has 1 aliphatic carbocycles.